The Morgan fingerprint density at radius 3 is 2.50 bits per heavy atom. The van der Waals surface area contributed by atoms with Gasteiger partial charge in [-0.3, -0.25) is 10.1 Å². The maximum Gasteiger partial charge on any atom is 0.321 e. The maximum atomic E-state index is 11.4. The smallest absolute Gasteiger partial charge is 0.321 e. The zero-order chi connectivity index (χ0) is 10.6. The molecule has 4 nitrogen and oxygen atoms in total. The summed E-state index contributed by atoms with van der Waals surface area (Å²) in [6, 6.07) is 5.94. The monoisotopic (exact) mass is 212 g/mol. The molecule has 0 bridgehead atoms. The van der Waals surface area contributed by atoms with E-state index in [0.717, 1.165) is 0 Å². The van der Waals surface area contributed by atoms with Crippen LogP contribution in [0.1, 0.15) is 10.4 Å². The van der Waals surface area contributed by atoms with E-state index in [1.807, 2.05) is 0 Å². The molecule has 0 aliphatic heterocycles. The molecular formula is C9H9ClN2O2. The van der Waals surface area contributed by atoms with Gasteiger partial charge in [0.1, 0.15) is 0 Å². The van der Waals surface area contributed by atoms with Gasteiger partial charge in [0.15, 0.2) is 0 Å². The first-order valence-corrected chi connectivity index (χ1v) is 4.30. The predicted octanol–water partition coefficient (Wildman–Crippen LogP) is 1.41. The number of hydrogen-bond donors (Lipinski definition) is 2. The van der Waals surface area contributed by atoms with E-state index in [1.54, 1.807) is 24.3 Å². The van der Waals surface area contributed by atoms with Gasteiger partial charge in [-0.2, -0.15) is 0 Å². The molecule has 0 fully saturated rings. The third-order valence-electron chi connectivity index (χ3n) is 1.57. The molecule has 0 aliphatic carbocycles. The largest absolute Gasteiger partial charge is 0.341 e. The van der Waals surface area contributed by atoms with Crippen molar-refractivity contribution in [1.29, 1.82) is 0 Å². The van der Waals surface area contributed by atoms with Crippen LogP contribution in [0.3, 0.4) is 0 Å². The van der Waals surface area contributed by atoms with Crippen LogP contribution in [0.25, 0.3) is 0 Å². The molecule has 1 aromatic rings. The van der Waals surface area contributed by atoms with Crippen LogP contribution >= 0.6 is 11.6 Å². The lowest BCUT2D eigenvalue weighted by atomic mass is 10.2. The normalized spacial score (nSPS) is 9.29. The number of urea groups is 1. The van der Waals surface area contributed by atoms with Gasteiger partial charge in [0, 0.05) is 7.05 Å². The highest BCUT2D eigenvalue weighted by Gasteiger charge is 2.11. The Morgan fingerprint density at radius 1 is 1.29 bits per heavy atom. The molecule has 5 heteroatoms. The lowest BCUT2D eigenvalue weighted by Crippen LogP contribution is -2.37. The summed E-state index contributed by atoms with van der Waals surface area (Å²) in [5.41, 5.74) is 0.276. The highest BCUT2D eigenvalue weighted by Crippen LogP contribution is 2.14. The molecule has 0 spiro atoms. The fourth-order valence-corrected chi connectivity index (χ4v) is 1.10. The fourth-order valence-electron chi connectivity index (χ4n) is 0.878. The average molecular weight is 213 g/mol. The first-order valence-electron chi connectivity index (χ1n) is 3.92. The van der Waals surface area contributed by atoms with Crippen LogP contribution in [0.15, 0.2) is 24.3 Å². The van der Waals surface area contributed by atoms with Gasteiger partial charge < -0.3 is 5.32 Å². The Bertz CT molecular complexity index is 366. The van der Waals surface area contributed by atoms with Crippen molar-refractivity contribution < 1.29 is 9.59 Å². The highest BCUT2D eigenvalue weighted by atomic mass is 35.5. The number of carbonyl (C=O) groups is 2. The molecule has 0 unspecified atom stereocenters. The number of hydrogen-bond acceptors (Lipinski definition) is 2. The van der Waals surface area contributed by atoms with Crippen LogP contribution in [0.2, 0.25) is 5.02 Å². The standard InChI is InChI=1S/C9H9ClN2O2/c1-11-9(14)12-8(13)6-4-2-3-5-7(6)10/h2-5H,1H3,(H2,11,12,13,14). The summed E-state index contributed by atoms with van der Waals surface area (Å²) < 4.78 is 0. The summed E-state index contributed by atoms with van der Waals surface area (Å²) >= 11 is 5.75. The number of imide groups is 1. The van der Waals surface area contributed by atoms with Gasteiger partial charge in [-0.25, -0.2) is 4.79 Å². The van der Waals surface area contributed by atoms with Crippen molar-refractivity contribution in [2.45, 2.75) is 0 Å². The van der Waals surface area contributed by atoms with Gasteiger partial charge in [-0.15, -0.1) is 0 Å². The molecule has 14 heavy (non-hydrogen) atoms. The summed E-state index contributed by atoms with van der Waals surface area (Å²) in [7, 11) is 1.43. The third-order valence-corrected chi connectivity index (χ3v) is 1.90. The second-order valence-corrected chi connectivity index (χ2v) is 2.92. The molecule has 0 radical (unpaired) electrons. The van der Waals surface area contributed by atoms with Crippen molar-refractivity contribution in [3.63, 3.8) is 0 Å². The summed E-state index contributed by atoms with van der Waals surface area (Å²) in [5, 5.41) is 4.70. The van der Waals surface area contributed by atoms with Crippen LogP contribution < -0.4 is 10.6 Å². The van der Waals surface area contributed by atoms with E-state index < -0.39 is 11.9 Å². The van der Waals surface area contributed by atoms with Crippen LogP contribution in [-0.4, -0.2) is 19.0 Å². The summed E-state index contributed by atoms with van der Waals surface area (Å²) in [5.74, 6) is -0.519. The third kappa shape index (κ3) is 2.47. The molecule has 0 saturated heterocycles. The molecule has 0 atom stereocenters. The van der Waals surface area contributed by atoms with Crippen LogP contribution in [0.4, 0.5) is 4.79 Å². The zero-order valence-corrected chi connectivity index (χ0v) is 8.26. The van der Waals surface area contributed by atoms with E-state index in [1.165, 1.54) is 7.05 Å². The van der Waals surface area contributed by atoms with Crippen LogP contribution in [0.5, 0.6) is 0 Å². The molecule has 74 valence electrons. The second kappa shape index (κ2) is 4.62. The lowest BCUT2D eigenvalue weighted by Gasteiger charge is -2.04. The number of rotatable bonds is 1. The minimum atomic E-state index is -0.560. The topological polar surface area (TPSA) is 58.2 Å². The van der Waals surface area contributed by atoms with Crippen molar-refractivity contribution in [2.75, 3.05) is 7.05 Å². The summed E-state index contributed by atoms with van der Waals surface area (Å²) in [6.45, 7) is 0. The van der Waals surface area contributed by atoms with Crippen molar-refractivity contribution in [3.05, 3.63) is 34.9 Å². The van der Waals surface area contributed by atoms with Gasteiger partial charge >= 0.3 is 6.03 Å². The second-order valence-electron chi connectivity index (χ2n) is 2.51. The fraction of sp³-hybridized carbons (Fsp3) is 0.111. The number of nitrogens with one attached hydrogen (secondary N) is 2. The van der Waals surface area contributed by atoms with Crippen molar-refractivity contribution >= 4 is 23.5 Å². The summed E-state index contributed by atoms with van der Waals surface area (Å²) in [4.78, 5) is 22.2. The number of halogens is 1. The Kier molecular flexibility index (Phi) is 3.48. The van der Waals surface area contributed by atoms with Gasteiger partial charge in [0.25, 0.3) is 5.91 Å². The van der Waals surface area contributed by atoms with Crippen molar-refractivity contribution in [3.8, 4) is 0 Å². The molecule has 2 N–H and O–H groups in total. The molecule has 3 amide bonds. The SMILES string of the molecule is CNC(=O)NC(=O)c1ccccc1Cl. The quantitative estimate of drug-likeness (QED) is 0.740. The predicted molar refractivity (Wildman–Crippen MR) is 53.4 cm³/mol. The average Bonchev–Trinajstić information content (AvgIpc) is 2.18. The Balaban J connectivity index is 2.80. The van der Waals surface area contributed by atoms with Gasteiger partial charge in [-0.05, 0) is 12.1 Å². The van der Waals surface area contributed by atoms with Gasteiger partial charge in [0.2, 0.25) is 0 Å². The minimum Gasteiger partial charge on any atom is -0.341 e. The van der Waals surface area contributed by atoms with Crippen molar-refractivity contribution in [1.82, 2.24) is 10.6 Å². The van der Waals surface area contributed by atoms with E-state index in [0.29, 0.717) is 5.02 Å². The Hall–Kier alpha value is -1.55. The molecule has 0 aliphatic rings. The molecule has 1 aromatic carbocycles. The van der Waals surface area contributed by atoms with E-state index in [9.17, 15) is 9.59 Å². The number of benzene rings is 1. The molecule has 1 rings (SSSR count). The number of carbonyl (C=O) groups excluding carboxylic acids is 2. The first kappa shape index (κ1) is 10.5. The van der Waals surface area contributed by atoms with E-state index in [4.69, 9.17) is 11.6 Å². The Labute approximate surface area is 86.3 Å². The molecule has 0 aromatic heterocycles. The lowest BCUT2D eigenvalue weighted by molar-refractivity contribution is 0.0964. The van der Waals surface area contributed by atoms with E-state index >= 15 is 0 Å². The van der Waals surface area contributed by atoms with Crippen LogP contribution in [-0.2, 0) is 0 Å². The van der Waals surface area contributed by atoms with E-state index in [-0.39, 0.29) is 5.56 Å². The van der Waals surface area contributed by atoms with Gasteiger partial charge in [-0.1, -0.05) is 23.7 Å². The van der Waals surface area contributed by atoms with E-state index in [2.05, 4.69) is 10.6 Å². The Morgan fingerprint density at radius 2 is 1.93 bits per heavy atom. The molecule has 0 saturated carbocycles. The highest BCUT2D eigenvalue weighted by molar-refractivity contribution is 6.34. The zero-order valence-electron chi connectivity index (χ0n) is 7.50. The number of amides is 3. The first-order chi connectivity index (χ1) is 6.65. The minimum absolute atomic E-state index is 0.276. The molecule has 0 heterocycles. The molecular weight excluding hydrogens is 204 g/mol. The van der Waals surface area contributed by atoms with Crippen LogP contribution in [0, 0.1) is 0 Å². The maximum absolute atomic E-state index is 11.4. The van der Waals surface area contributed by atoms with Gasteiger partial charge in [0.05, 0.1) is 10.6 Å². The summed E-state index contributed by atoms with van der Waals surface area (Å²) in [6.07, 6.45) is 0. The van der Waals surface area contributed by atoms with Crippen molar-refractivity contribution in [2.24, 2.45) is 0 Å².